The lowest BCUT2D eigenvalue weighted by atomic mass is 10.3. The summed E-state index contributed by atoms with van der Waals surface area (Å²) in [6.07, 6.45) is 1.31. The Morgan fingerprint density at radius 1 is 1.09 bits per heavy atom. The van der Waals surface area contributed by atoms with Crippen molar-refractivity contribution in [1.29, 1.82) is 0 Å². The summed E-state index contributed by atoms with van der Waals surface area (Å²) in [7, 11) is 0. The molecule has 0 radical (unpaired) electrons. The molecule has 1 heterocycles. The number of nitrogens with zero attached hydrogens (tertiary/aromatic N) is 2. The molecule has 1 N–H and O–H groups in total. The lowest BCUT2D eigenvalue weighted by Crippen LogP contribution is -2.43. The maximum absolute atomic E-state index is 12.2. The lowest BCUT2D eigenvalue weighted by molar-refractivity contribution is 0.153. The standard InChI is InChI=1S/C16H23N3O3/c1-2-9-17-15(20)18-10-6-11-19(13-12-18)16(21)22-14-7-4-3-5-8-14/h3-5,7-8H,2,6,9-13H2,1H3,(H,17,20). The molecule has 1 aliphatic heterocycles. The van der Waals surface area contributed by atoms with Gasteiger partial charge in [0.1, 0.15) is 5.75 Å². The molecule has 22 heavy (non-hydrogen) atoms. The molecule has 1 aromatic carbocycles. The summed E-state index contributed by atoms with van der Waals surface area (Å²) >= 11 is 0. The average molecular weight is 305 g/mol. The predicted molar refractivity (Wildman–Crippen MR) is 83.9 cm³/mol. The second-order valence-corrected chi connectivity index (χ2v) is 5.24. The summed E-state index contributed by atoms with van der Waals surface area (Å²) < 4.78 is 5.34. The molecule has 0 saturated carbocycles. The second-order valence-electron chi connectivity index (χ2n) is 5.24. The molecule has 1 aliphatic rings. The summed E-state index contributed by atoms with van der Waals surface area (Å²) in [5.41, 5.74) is 0. The van der Waals surface area contributed by atoms with Crippen molar-refractivity contribution in [3.63, 3.8) is 0 Å². The highest BCUT2D eigenvalue weighted by Gasteiger charge is 2.22. The largest absolute Gasteiger partial charge is 0.415 e. The normalized spacial score (nSPS) is 15.1. The number of para-hydroxylation sites is 1. The SMILES string of the molecule is CCCNC(=O)N1CCCN(C(=O)Oc2ccccc2)CC1. The van der Waals surface area contributed by atoms with Crippen molar-refractivity contribution < 1.29 is 14.3 Å². The number of rotatable bonds is 3. The number of urea groups is 1. The van der Waals surface area contributed by atoms with Crippen LogP contribution < -0.4 is 10.1 Å². The van der Waals surface area contributed by atoms with Gasteiger partial charge in [-0.2, -0.15) is 0 Å². The third-order valence-electron chi connectivity index (χ3n) is 3.52. The van der Waals surface area contributed by atoms with Crippen LogP contribution in [0.4, 0.5) is 9.59 Å². The second kappa shape index (κ2) is 8.26. The molecule has 0 atom stereocenters. The van der Waals surface area contributed by atoms with Crippen molar-refractivity contribution in [2.24, 2.45) is 0 Å². The van der Waals surface area contributed by atoms with Gasteiger partial charge in [0.25, 0.3) is 0 Å². The molecule has 2 rings (SSSR count). The number of benzene rings is 1. The van der Waals surface area contributed by atoms with E-state index in [1.54, 1.807) is 21.9 Å². The molecular weight excluding hydrogens is 282 g/mol. The van der Waals surface area contributed by atoms with Crippen molar-refractivity contribution in [3.8, 4) is 5.75 Å². The van der Waals surface area contributed by atoms with Gasteiger partial charge in [0.05, 0.1) is 0 Å². The first-order chi connectivity index (χ1) is 10.7. The van der Waals surface area contributed by atoms with Crippen LogP contribution in [0.5, 0.6) is 5.75 Å². The maximum Gasteiger partial charge on any atom is 0.415 e. The fraction of sp³-hybridized carbons (Fsp3) is 0.500. The Kier molecular flexibility index (Phi) is 6.06. The zero-order chi connectivity index (χ0) is 15.8. The zero-order valence-electron chi connectivity index (χ0n) is 13.0. The predicted octanol–water partition coefficient (Wildman–Crippen LogP) is 2.31. The minimum absolute atomic E-state index is 0.0554. The Morgan fingerprint density at radius 2 is 1.77 bits per heavy atom. The quantitative estimate of drug-likeness (QED) is 0.932. The highest BCUT2D eigenvalue weighted by atomic mass is 16.6. The first-order valence-corrected chi connectivity index (χ1v) is 7.75. The fourth-order valence-corrected chi connectivity index (χ4v) is 2.30. The van der Waals surface area contributed by atoms with Crippen LogP contribution in [0, 0.1) is 0 Å². The van der Waals surface area contributed by atoms with Crippen LogP contribution in [0.15, 0.2) is 30.3 Å². The van der Waals surface area contributed by atoms with Crippen LogP contribution in [0.25, 0.3) is 0 Å². The monoisotopic (exact) mass is 305 g/mol. The number of hydrogen-bond donors (Lipinski definition) is 1. The van der Waals surface area contributed by atoms with Gasteiger partial charge in [0.15, 0.2) is 0 Å². The number of carbonyl (C=O) groups excluding carboxylic acids is 2. The molecule has 120 valence electrons. The van der Waals surface area contributed by atoms with Crippen LogP contribution in [0.2, 0.25) is 0 Å². The minimum Gasteiger partial charge on any atom is -0.410 e. The van der Waals surface area contributed by atoms with Crippen molar-refractivity contribution in [3.05, 3.63) is 30.3 Å². The van der Waals surface area contributed by atoms with Crippen LogP contribution in [0.3, 0.4) is 0 Å². The van der Waals surface area contributed by atoms with E-state index in [0.717, 1.165) is 12.8 Å². The van der Waals surface area contributed by atoms with Crippen molar-refractivity contribution in [2.45, 2.75) is 19.8 Å². The maximum atomic E-state index is 12.2. The molecule has 1 saturated heterocycles. The Morgan fingerprint density at radius 3 is 2.50 bits per heavy atom. The molecule has 1 fully saturated rings. The topological polar surface area (TPSA) is 61.9 Å². The van der Waals surface area contributed by atoms with Crippen LogP contribution >= 0.6 is 0 Å². The first-order valence-electron chi connectivity index (χ1n) is 7.75. The van der Waals surface area contributed by atoms with Gasteiger partial charge in [-0.25, -0.2) is 9.59 Å². The fourth-order valence-electron chi connectivity index (χ4n) is 2.30. The number of hydrogen-bond acceptors (Lipinski definition) is 3. The number of carbonyl (C=O) groups is 2. The molecule has 0 aromatic heterocycles. The van der Waals surface area contributed by atoms with Gasteiger partial charge in [-0.15, -0.1) is 0 Å². The Bertz CT molecular complexity index is 493. The Labute approximate surface area is 131 Å². The smallest absolute Gasteiger partial charge is 0.410 e. The number of amides is 3. The first kappa shape index (κ1) is 16.1. The van der Waals surface area contributed by atoms with Crippen LogP contribution in [-0.2, 0) is 0 Å². The van der Waals surface area contributed by atoms with E-state index >= 15 is 0 Å². The van der Waals surface area contributed by atoms with E-state index in [9.17, 15) is 9.59 Å². The van der Waals surface area contributed by atoms with Gasteiger partial charge in [-0.05, 0) is 25.0 Å². The van der Waals surface area contributed by atoms with Gasteiger partial charge in [-0.1, -0.05) is 25.1 Å². The van der Waals surface area contributed by atoms with E-state index < -0.39 is 0 Å². The number of nitrogens with one attached hydrogen (secondary N) is 1. The lowest BCUT2D eigenvalue weighted by Gasteiger charge is -2.22. The Balaban J connectivity index is 1.84. The average Bonchev–Trinajstić information content (AvgIpc) is 2.79. The van der Waals surface area contributed by atoms with Gasteiger partial charge < -0.3 is 19.9 Å². The molecule has 0 bridgehead atoms. The summed E-state index contributed by atoms with van der Waals surface area (Å²) in [6, 6.07) is 8.96. The van der Waals surface area contributed by atoms with E-state index in [2.05, 4.69) is 5.32 Å². The summed E-state index contributed by atoms with van der Waals surface area (Å²) in [4.78, 5) is 27.5. The van der Waals surface area contributed by atoms with E-state index in [-0.39, 0.29) is 12.1 Å². The zero-order valence-corrected chi connectivity index (χ0v) is 13.0. The highest BCUT2D eigenvalue weighted by Crippen LogP contribution is 2.12. The summed E-state index contributed by atoms with van der Waals surface area (Å²) in [5.74, 6) is 0.536. The van der Waals surface area contributed by atoms with Crippen LogP contribution in [-0.4, -0.2) is 54.6 Å². The third-order valence-corrected chi connectivity index (χ3v) is 3.52. The molecule has 0 spiro atoms. The molecule has 0 unspecified atom stereocenters. The van der Waals surface area contributed by atoms with E-state index in [0.29, 0.717) is 38.5 Å². The van der Waals surface area contributed by atoms with Gasteiger partial charge in [0, 0.05) is 32.7 Å². The van der Waals surface area contributed by atoms with E-state index in [1.165, 1.54) is 0 Å². The minimum atomic E-state index is -0.359. The summed E-state index contributed by atoms with van der Waals surface area (Å²) in [5, 5.41) is 2.87. The van der Waals surface area contributed by atoms with E-state index in [1.807, 2.05) is 25.1 Å². The number of ether oxygens (including phenoxy) is 1. The van der Waals surface area contributed by atoms with Gasteiger partial charge in [0.2, 0.25) is 0 Å². The molecule has 1 aromatic rings. The summed E-state index contributed by atoms with van der Waals surface area (Å²) in [6.45, 7) is 4.97. The van der Waals surface area contributed by atoms with Crippen molar-refractivity contribution >= 4 is 12.1 Å². The highest BCUT2D eigenvalue weighted by molar-refractivity contribution is 5.74. The van der Waals surface area contributed by atoms with Crippen molar-refractivity contribution in [1.82, 2.24) is 15.1 Å². The van der Waals surface area contributed by atoms with Gasteiger partial charge >= 0.3 is 12.1 Å². The van der Waals surface area contributed by atoms with Crippen molar-refractivity contribution in [2.75, 3.05) is 32.7 Å². The molecule has 6 nitrogen and oxygen atoms in total. The molecule has 6 heteroatoms. The molecular formula is C16H23N3O3. The third kappa shape index (κ3) is 4.65. The molecule has 3 amide bonds. The van der Waals surface area contributed by atoms with Gasteiger partial charge in [-0.3, -0.25) is 0 Å². The van der Waals surface area contributed by atoms with Crippen LogP contribution in [0.1, 0.15) is 19.8 Å². The van der Waals surface area contributed by atoms with E-state index in [4.69, 9.17) is 4.74 Å². The Hall–Kier alpha value is -2.24. The molecule has 0 aliphatic carbocycles.